The second-order valence-corrected chi connectivity index (χ2v) is 2.59. The first-order chi connectivity index (χ1) is 5.26. The molecule has 0 rings (SSSR count). The molecule has 0 aromatic heterocycles. The van der Waals surface area contributed by atoms with Crippen molar-refractivity contribution in [1.82, 2.24) is 0 Å². The van der Waals surface area contributed by atoms with E-state index in [1.54, 1.807) is 0 Å². The van der Waals surface area contributed by atoms with Gasteiger partial charge < -0.3 is 0 Å². The lowest BCUT2D eigenvalue weighted by molar-refractivity contribution is 0.964. The summed E-state index contributed by atoms with van der Waals surface area (Å²) in [6.07, 6.45) is 7.05. The van der Waals surface area contributed by atoms with E-state index in [1.165, 1.54) is 0 Å². The SMILES string of the molecule is CC[C+]=C(CC)C(=N)CCC. The predicted octanol–water partition coefficient (Wildman–Crippen LogP) is 3.36. The zero-order chi connectivity index (χ0) is 8.69. The Bertz CT molecular complexity index is 145. The van der Waals surface area contributed by atoms with Gasteiger partial charge in [0.15, 0.2) is 11.3 Å². The number of hydrogen-bond donors (Lipinski definition) is 1. The van der Waals surface area contributed by atoms with Crippen LogP contribution in [0.3, 0.4) is 0 Å². The summed E-state index contributed by atoms with van der Waals surface area (Å²) < 4.78 is 0. The van der Waals surface area contributed by atoms with Crippen LogP contribution in [0.2, 0.25) is 0 Å². The summed E-state index contributed by atoms with van der Waals surface area (Å²) >= 11 is 0. The van der Waals surface area contributed by atoms with E-state index in [2.05, 4.69) is 26.8 Å². The topological polar surface area (TPSA) is 23.9 Å². The maximum absolute atomic E-state index is 7.65. The Hall–Kier alpha value is -0.680. The first-order valence-corrected chi connectivity index (χ1v) is 4.43. The highest BCUT2D eigenvalue weighted by molar-refractivity contribution is 5.96. The molecular weight excluding hydrogens is 134 g/mol. The molecule has 0 aliphatic heterocycles. The minimum absolute atomic E-state index is 0.775. The highest BCUT2D eigenvalue weighted by Gasteiger charge is 2.12. The van der Waals surface area contributed by atoms with Crippen LogP contribution in [0.25, 0.3) is 0 Å². The highest BCUT2D eigenvalue weighted by atomic mass is 14.4. The van der Waals surface area contributed by atoms with Crippen molar-refractivity contribution in [3.05, 3.63) is 11.6 Å². The summed E-state index contributed by atoms with van der Waals surface area (Å²) in [4.78, 5) is 0. The van der Waals surface area contributed by atoms with Crippen molar-refractivity contribution in [2.45, 2.75) is 46.5 Å². The molecule has 0 saturated heterocycles. The third-order valence-electron chi connectivity index (χ3n) is 1.61. The monoisotopic (exact) mass is 152 g/mol. The molecule has 0 unspecified atom stereocenters. The van der Waals surface area contributed by atoms with E-state index in [0.717, 1.165) is 37.0 Å². The molecule has 0 atom stereocenters. The summed E-state index contributed by atoms with van der Waals surface area (Å²) in [6.45, 7) is 6.25. The molecule has 1 nitrogen and oxygen atoms in total. The summed E-state index contributed by atoms with van der Waals surface area (Å²) in [5.74, 6) is 0. The van der Waals surface area contributed by atoms with E-state index in [1.807, 2.05) is 0 Å². The largest absolute Gasteiger partial charge is 0.209 e. The summed E-state index contributed by atoms with van der Waals surface area (Å²) in [7, 11) is 0. The van der Waals surface area contributed by atoms with Crippen molar-refractivity contribution in [1.29, 1.82) is 5.41 Å². The molecule has 1 heteroatoms. The molecule has 1 N–H and O–H groups in total. The van der Waals surface area contributed by atoms with Crippen LogP contribution in [0.1, 0.15) is 46.5 Å². The van der Waals surface area contributed by atoms with Gasteiger partial charge in [0.2, 0.25) is 0 Å². The highest BCUT2D eigenvalue weighted by Crippen LogP contribution is 2.07. The number of nitrogens with one attached hydrogen (secondary N) is 1. The van der Waals surface area contributed by atoms with E-state index in [-0.39, 0.29) is 0 Å². The molecule has 11 heavy (non-hydrogen) atoms. The van der Waals surface area contributed by atoms with Crippen LogP contribution >= 0.6 is 0 Å². The lowest BCUT2D eigenvalue weighted by atomic mass is 10.0. The molecule has 62 valence electrons. The standard InChI is InChI=1S/C10H18N/c1-4-7-9(6-3)10(11)8-5-2/h11H,4-6,8H2,1-3H3/q+1. The molecule has 0 heterocycles. The van der Waals surface area contributed by atoms with Crippen LogP contribution in [-0.2, 0) is 0 Å². The van der Waals surface area contributed by atoms with Gasteiger partial charge in [-0.25, -0.2) is 5.41 Å². The van der Waals surface area contributed by atoms with Crippen molar-refractivity contribution in [2.75, 3.05) is 0 Å². The molecule has 0 aliphatic rings. The Balaban J connectivity index is 4.03. The minimum Gasteiger partial charge on any atom is -0.209 e. The van der Waals surface area contributed by atoms with Gasteiger partial charge in [-0.05, 0) is 13.3 Å². The molecule has 0 saturated carbocycles. The second-order valence-electron chi connectivity index (χ2n) is 2.59. The molecule has 0 spiro atoms. The Labute approximate surface area is 70.0 Å². The molecule has 0 aliphatic carbocycles. The smallest absolute Gasteiger partial charge is 0.188 e. The maximum atomic E-state index is 7.65. The quantitative estimate of drug-likeness (QED) is 0.461. The Morgan fingerprint density at radius 1 is 1.27 bits per heavy atom. The Kier molecular flexibility index (Phi) is 5.68. The van der Waals surface area contributed by atoms with E-state index in [9.17, 15) is 0 Å². The lowest BCUT2D eigenvalue weighted by Crippen LogP contribution is -1.99. The predicted molar refractivity (Wildman–Crippen MR) is 50.0 cm³/mol. The van der Waals surface area contributed by atoms with Gasteiger partial charge in [0.1, 0.15) is 0 Å². The molecule has 0 fully saturated rings. The van der Waals surface area contributed by atoms with Crippen molar-refractivity contribution in [2.24, 2.45) is 0 Å². The molecule has 0 bridgehead atoms. The number of allylic oxidation sites excluding steroid dienone is 2. The van der Waals surface area contributed by atoms with Gasteiger partial charge in [0.25, 0.3) is 0 Å². The van der Waals surface area contributed by atoms with Crippen LogP contribution in [0.5, 0.6) is 0 Å². The first kappa shape index (κ1) is 10.3. The summed E-state index contributed by atoms with van der Waals surface area (Å²) in [5, 5.41) is 7.65. The summed E-state index contributed by atoms with van der Waals surface area (Å²) in [5.41, 5.74) is 1.88. The zero-order valence-electron chi connectivity index (χ0n) is 7.83. The van der Waals surface area contributed by atoms with E-state index >= 15 is 0 Å². The van der Waals surface area contributed by atoms with Gasteiger partial charge in [-0.3, -0.25) is 0 Å². The molecule has 0 aromatic carbocycles. The van der Waals surface area contributed by atoms with Crippen molar-refractivity contribution in [3.63, 3.8) is 0 Å². The average Bonchev–Trinajstić information content (AvgIpc) is 2.00. The van der Waals surface area contributed by atoms with Gasteiger partial charge in [-0.2, -0.15) is 0 Å². The van der Waals surface area contributed by atoms with Gasteiger partial charge in [0.05, 0.1) is 18.9 Å². The number of rotatable bonds is 5. The van der Waals surface area contributed by atoms with E-state index in [0.29, 0.717) is 0 Å². The summed E-state index contributed by atoms with van der Waals surface area (Å²) in [6, 6.07) is 0. The fourth-order valence-corrected chi connectivity index (χ4v) is 1.06. The fourth-order valence-electron chi connectivity index (χ4n) is 1.06. The molecular formula is C10H18N+. The van der Waals surface area contributed by atoms with Crippen molar-refractivity contribution in [3.8, 4) is 0 Å². The molecule has 0 radical (unpaired) electrons. The van der Waals surface area contributed by atoms with Gasteiger partial charge in [0, 0.05) is 6.42 Å². The average molecular weight is 152 g/mol. The zero-order valence-corrected chi connectivity index (χ0v) is 7.83. The van der Waals surface area contributed by atoms with Gasteiger partial charge >= 0.3 is 0 Å². The Morgan fingerprint density at radius 3 is 2.27 bits per heavy atom. The van der Waals surface area contributed by atoms with Crippen LogP contribution in [0.15, 0.2) is 5.57 Å². The van der Waals surface area contributed by atoms with Crippen molar-refractivity contribution >= 4 is 5.71 Å². The third-order valence-corrected chi connectivity index (χ3v) is 1.61. The normalized spacial score (nSPS) is 11.0. The van der Waals surface area contributed by atoms with Crippen LogP contribution in [0.4, 0.5) is 0 Å². The van der Waals surface area contributed by atoms with Crippen LogP contribution in [-0.4, -0.2) is 5.71 Å². The van der Waals surface area contributed by atoms with Crippen molar-refractivity contribution < 1.29 is 0 Å². The van der Waals surface area contributed by atoms with Gasteiger partial charge in [-0.1, -0.05) is 13.8 Å². The second kappa shape index (κ2) is 6.06. The van der Waals surface area contributed by atoms with Crippen LogP contribution < -0.4 is 0 Å². The van der Waals surface area contributed by atoms with Gasteiger partial charge in [-0.15, -0.1) is 0 Å². The minimum atomic E-state index is 0.775. The lowest BCUT2D eigenvalue weighted by Gasteiger charge is -1.92. The maximum Gasteiger partial charge on any atom is 0.188 e. The van der Waals surface area contributed by atoms with Crippen LogP contribution in [0, 0.1) is 11.5 Å². The molecule has 0 aromatic rings. The third kappa shape index (κ3) is 3.90. The Morgan fingerprint density at radius 2 is 1.91 bits per heavy atom. The fraction of sp³-hybridized carbons (Fsp3) is 0.700. The van der Waals surface area contributed by atoms with E-state index < -0.39 is 0 Å². The number of hydrogen-bond acceptors (Lipinski definition) is 1. The van der Waals surface area contributed by atoms with E-state index in [4.69, 9.17) is 5.41 Å². The first-order valence-electron chi connectivity index (χ1n) is 4.43. The molecule has 0 amide bonds.